The molecule has 1 fully saturated rings. The molecule has 0 saturated carbocycles. The average molecular weight is 291 g/mol. The van der Waals surface area contributed by atoms with Crippen molar-refractivity contribution in [1.82, 2.24) is 4.90 Å². The van der Waals surface area contributed by atoms with Gasteiger partial charge in [-0.05, 0) is 18.6 Å². The van der Waals surface area contributed by atoms with Crippen molar-refractivity contribution < 1.29 is 28.6 Å². The summed E-state index contributed by atoms with van der Waals surface area (Å²) in [5.41, 5.74) is 0.617. The van der Waals surface area contributed by atoms with Crippen LogP contribution in [0.15, 0.2) is 24.3 Å². The number of para-hydroxylation sites is 1. The van der Waals surface area contributed by atoms with E-state index in [2.05, 4.69) is 4.74 Å². The molecular weight excluding hydrogens is 278 g/mol. The number of rotatable bonds is 3. The summed E-state index contributed by atoms with van der Waals surface area (Å²) in [6, 6.07) is 6.03. The molecule has 0 bridgehead atoms. The second-order valence-electron chi connectivity index (χ2n) is 4.73. The number of benzene rings is 1. The highest BCUT2D eigenvalue weighted by atomic mass is 16.6. The van der Waals surface area contributed by atoms with Gasteiger partial charge in [-0.1, -0.05) is 12.1 Å². The first-order chi connectivity index (χ1) is 10.1. The Kier molecular flexibility index (Phi) is 3.25. The molecule has 1 aromatic carbocycles. The van der Waals surface area contributed by atoms with Crippen molar-refractivity contribution in [2.75, 3.05) is 7.11 Å². The molecule has 7 nitrogen and oxygen atoms in total. The van der Waals surface area contributed by atoms with Crippen molar-refractivity contribution in [3.05, 3.63) is 29.8 Å². The Hall–Kier alpha value is -2.57. The molecule has 1 amide bonds. The minimum Gasteiger partial charge on any atom is -0.469 e. The molecule has 2 aliphatic rings. The molecule has 0 unspecified atom stereocenters. The topological polar surface area (TPSA) is 82.1 Å². The molecule has 21 heavy (non-hydrogen) atoms. The van der Waals surface area contributed by atoms with Crippen LogP contribution in [0.25, 0.3) is 0 Å². The Labute approximate surface area is 120 Å². The molecule has 3 rings (SSSR count). The third-order valence-electron chi connectivity index (χ3n) is 3.53. The number of hydrogen-bond acceptors (Lipinski definition) is 6. The molecule has 2 heterocycles. The first-order valence-corrected chi connectivity index (χ1v) is 6.48. The van der Waals surface area contributed by atoms with Gasteiger partial charge in [-0.2, -0.15) is 0 Å². The summed E-state index contributed by atoms with van der Waals surface area (Å²) >= 11 is 0. The largest absolute Gasteiger partial charge is 0.469 e. The highest BCUT2D eigenvalue weighted by Gasteiger charge is 2.50. The van der Waals surface area contributed by atoms with Gasteiger partial charge in [0.1, 0.15) is 11.8 Å². The maximum Gasteiger partial charge on any atom is 0.419 e. The number of hydrogen-bond donors (Lipinski definition) is 0. The molecule has 0 aliphatic carbocycles. The number of ether oxygens (including phenoxy) is 3. The van der Waals surface area contributed by atoms with Gasteiger partial charge in [0.15, 0.2) is 0 Å². The standard InChI is InChI=1S/C14H13NO6/c1-19-11(16)7-6-9-13(17)21-12-8-4-2-3-5-10(8)20-14(18)15(9)12/h2-5,9,12H,6-7H2,1H3/t9-,12-/m1/s1. The molecule has 0 radical (unpaired) electrons. The zero-order chi connectivity index (χ0) is 15.0. The highest BCUT2D eigenvalue weighted by molar-refractivity contribution is 5.87. The fourth-order valence-electron chi connectivity index (χ4n) is 2.50. The van der Waals surface area contributed by atoms with Crippen LogP contribution in [0.2, 0.25) is 0 Å². The number of esters is 2. The molecule has 0 spiro atoms. The van der Waals surface area contributed by atoms with Crippen LogP contribution < -0.4 is 4.74 Å². The molecule has 0 N–H and O–H groups in total. The summed E-state index contributed by atoms with van der Waals surface area (Å²) in [5, 5.41) is 0. The average Bonchev–Trinajstić information content (AvgIpc) is 2.82. The Bertz CT molecular complexity index is 613. The molecular formula is C14H13NO6. The van der Waals surface area contributed by atoms with Gasteiger partial charge in [0.25, 0.3) is 0 Å². The minimum atomic E-state index is -0.838. The van der Waals surface area contributed by atoms with Crippen molar-refractivity contribution in [3.63, 3.8) is 0 Å². The summed E-state index contributed by atoms with van der Waals surface area (Å²) in [5.74, 6) is -0.611. The van der Waals surface area contributed by atoms with Gasteiger partial charge >= 0.3 is 18.0 Å². The van der Waals surface area contributed by atoms with E-state index in [1.807, 2.05) is 0 Å². The summed E-state index contributed by atoms with van der Waals surface area (Å²) < 4.78 is 15.0. The molecule has 1 saturated heterocycles. The second-order valence-corrected chi connectivity index (χ2v) is 4.73. The van der Waals surface area contributed by atoms with Crippen molar-refractivity contribution in [1.29, 1.82) is 0 Å². The van der Waals surface area contributed by atoms with Gasteiger partial charge in [0, 0.05) is 6.42 Å². The zero-order valence-electron chi connectivity index (χ0n) is 11.3. The third kappa shape index (κ3) is 2.20. The Balaban J connectivity index is 1.86. The van der Waals surface area contributed by atoms with Crippen LogP contribution in [0.5, 0.6) is 5.75 Å². The van der Waals surface area contributed by atoms with Crippen LogP contribution in [-0.2, 0) is 19.1 Å². The van der Waals surface area contributed by atoms with Crippen molar-refractivity contribution >= 4 is 18.0 Å². The molecule has 2 atom stereocenters. The van der Waals surface area contributed by atoms with Crippen LogP contribution in [-0.4, -0.2) is 36.1 Å². The van der Waals surface area contributed by atoms with Crippen LogP contribution >= 0.6 is 0 Å². The maximum absolute atomic E-state index is 12.1. The normalized spacial score (nSPS) is 23.0. The van der Waals surface area contributed by atoms with E-state index in [0.29, 0.717) is 11.3 Å². The van der Waals surface area contributed by atoms with Gasteiger partial charge < -0.3 is 14.2 Å². The summed E-state index contributed by atoms with van der Waals surface area (Å²) in [7, 11) is 1.27. The third-order valence-corrected chi connectivity index (χ3v) is 3.53. The predicted octanol–water partition coefficient (Wildman–Crippen LogP) is 1.38. The van der Waals surface area contributed by atoms with Crippen LogP contribution in [0.4, 0.5) is 4.79 Å². The quantitative estimate of drug-likeness (QED) is 0.782. The first kappa shape index (κ1) is 13.4. The van der Waals surface area contributed by atoms with Crippen molar-refractivity contribution in [3.8, 4) is 5.75 Å². The number of carbonyl (C=O) groups excluding carboxylic acids is 3. The van der Waals surface area contributed by atoms with Crippen molar-refractivity contribution in [2.24, 2.45) is 0 Å². The first-order valence-electron chi connectivity index (χ1n) is 6.48. The van der Waals surface area contributed by atoms with Gasteiger partial charge in [-0.25, -0.2) is 9.59 Å². The van der Waals surface area contributed by atoms with E-state index in [4.69, 9.17) is 9.47 Å². The van der Waals surface area contributed by atoms with Crippen LogP contribution in [0.1, 0.15) is 24.6 Å². The number of nitrogens with zero attached hydrogens (tertiary/aromatic N) is 1. The zero-order valence-corrected chi connectivity index (χ0v) is 11.3. The summed E-state index contributed by atoms with van der Waals surface area (Å²) in [4.78, 5) is 36.5. The number of fused-ring (bicyclic) bond motifs is 3. The number of methoxy groups -OCH3 is 1. The minimum absolute atomic E-state index is 0.0222. The molecule has 1 aromatic rings. The van der Waals surface area contributed by atoms with E-state index in [0.717, 1.165) is 0 Å². The predicted molar refractivity (Wildman–Crippen MR) is 68.2 cm³/mol. The van der Waals surface area contributed by atoms with E-state index in [1.54, 1.807) is 24.3 Å². The molecule has 110 valence electrons. The van der Waals surface area contributed by atoms with E-state index < -0.39 is 30.3 Å². The number of amides is 1. The van der Waals surface area contributed by atoms with Gasteiger partial charge in [0.2, 0.25) is 6.23 Å². The molecule has 0 aromatic heterocycles. The Morgan fingerprint density at radius 2 is 2.10 bits per heavy atom. The Morgan fingerprint density at radius 3 is 2.86 bits per heavy atom. The van der Waals surface area contributed by atoms with Crippen LogP contribution in [0, 0.1) is 0 Å². The van der Waals surface area contributed by atoms with Gasteiger partial charge in [-0.3, -0.25) is 9.69 Å². The molecule has 2 aliphatic heterocycles. The monoisotopic (exact) mass is 291 g/mol. The lowest BCUT2D eigenvalue weighted by Crippen LogP contribution is -2.44. The van der Waals surface area contributed by atoms with E-state index in [1.165, 1.54) is 12.0 Å². The summed E-state index contributed by atoms with van der Waals surface area (Å²) in [6.07, 6.45) is -1.29. The Morgan fingerprint density at radius 1 is 1.33 bits per heavy atom. The second kappa shape index (κ2) is 5.08. The van der Waals surface area contributed by atoms with Gasteiger partial charge in [-0.15, -0.1) is 0 Å². The molecule has 7 heteroatoms. The van der Waals surface area contributed by atoms with Gasteiger partial charge in [0.05, 0.1) is 12.7 Å². The van der Waals surface area contributed by atoms with E-state index in [-0.39, 0.29) is 12.8 Å². The van der Waals surface area contributed by atoms with Crippen molar-refractivity contribution in [2.45, 2.75) is 25.1 Å². The lowest BCUT2D eigenvalue weighted by atomic mass is 10.1. The SMILES string of the molecule is COC(=O)CC[C@@H]1C(=O)O[C@@H]2c3ccccc3OC(=O)N12. The number of carbonyl (C=O) groups is 3. The highest BCUT2D eigenvalue weighted by Crippen LogP contribution is 2.41. The summed E-state index contributed by atoms with van der Waals surface area (Å²) in [6.45, 7) is 0. The van der Waals surface area contributed by atoms with E-state index in [9.17, 15) is 14.4 Å². The van der Waals surface area contributed by atoms with Crippen LogP contribution in [0.3, 0.4) is 0 Å². The smallest absolute Gasteiger partial charge is 0.419 e. The van der Waals surface area contributed by atoms with E-state index >= 15 is 0 Å². The fraction of sp³-hybridized carbons (Fsp3) is 0.357. The lowest BCUT2D eigenvalue weighted by Gasteiger charge is -2.30. The maximum atomic E-state index is 12.1. The lowest BCUT2D eigenvalue weighted by molar-refractivity contribution is -0.143. The fourth-order valence-corrected chi connectivity index (χ4v) is 2.50.